The van der Waals surface area contributed by atoms with Gasteiger partial charge in [0.25, 0.3) is 0 Å². The Hall–Kier alpha value is -0.830. The SMILES string of the molecule is CN1CCC(C(=O)O)=CC1C1CCCC1. The first-order valence-electron chi connectivity index (χ1n) is 5.82. The molecule has 3 heteroatoms. The number of aliphatic carboxylic acids is 1. The van der Waals surface area contributed by atoms with Crippen LogP contribution in [0.3, 0.4) is 0 Å². The van der Waals surface area contributed by atoms with E-state index in [0.717, 1.165) is 6.54 Å². The lowest BCUT2D eigenvalue weighted by atomic mass is 9.91. The predicted octanol–water partition coefficient (Wildman–Crippen LogP) is 1.89. The number of likely N-dealkylation sites (N-methyl/N-ethyl adjacent to an activating group) is 1. The molecule has 0 aromatic carbocycles. The Balaban J connectivity index is 2.12. The van der Waals surface area contributed by atoms with Crippen LogP contribution in [-0.2, 0) is 4.79 Å². The van der Waals surface area contributed by atoms with Crippen molar-refractivity contribution in [3.8, 4) is 0 Å². The molecule has 1 fully saturated rings. The van der Waals surface area contributed by atoms with Gasteiger partial charge in [-0.2, -0.15) is 0 Å². The molecule has 2 rings (SSSR count). The molecule has 1 atom stereocenters. The summed E-state index contributed by atoms with van der Waals surface area (Å²) in [5.74, 6) is -0.0456. The standard InChI is InChI=1S/C12H19NO2/c1-13-7-6-10(12(14)15)8-11(13)9-4-2-3-5-9/h8-9,11H,2-7H2,1H3,(H,14,15). The summed E-state index contributed by atoms with van der Waals surface area (Å²) >= 11 is 0. The van der Waals surface area contributed by atoms with Crippen molar-refractivity contribution in [2.75, 3.05) is 13.6 Å². The van der Waals surface area contributed by atoms with Gasteiger partial charge in [0.1, 0.15) is 0 Å². The van der Waals surface area contributed by atoms with Gasteiger partial charge in [-0.1, -0.05) is 18.9 Å². The van der Waals surface area contributed by atoms with Crippen LogP contribution >= 0.6 is 0 Å². The van der Waals surface area contributed by atoms with Gasteiger partial charge in [-0.3, -0.25) is 4.90 Å². The van der Waals surface area contributed by atoms with Gasteiger partial charge in [-0.25, -0.2) is 4.79 Å². The highest BCUT2D eigenvalue weighted by atomic mass is 16.4. The van der Waals surface area contributed by atoms with Crippen LogP contribution in [0.5, 0.6) is 0 Å². The molecule has 1 aliphatic heterocycles. The molecule has 0 saturated heterocycles. The number of hydrogen-bond donors (Lipinski definition) is 1. The van der Waals surface area contributed by atoms with Crippen molar-refractivity contribution >= 4 is 5.97 Å². The lowest BCUT2D eigenvalue weighted by molar-refractivity contribution is -0.133. The molecule has 1 N–H and O–H groups in total. The molecule has 0 radical (unpaired) electrons. The molecule has 3 nitrogen and oxygen atoms in total. The Morgan fingerprint density at radius 2 is 2.13 bits per heavy atom. The molecule has 0 spiro atoms. The van der Waals surface area contributed by atoms with E-state index < -0.39 is 5.97 Å². The van der Waals surface area contributed by atoms with E-state index in [1.54, 1.807) is 0 Å². The van der Waals surface area contributed by atoms with Gasteiger partial charge in [0.2, 0.25) is 0 Å². The van der Waals surface area contributed by atoms with Crippen LogP contribution in [-0.4, -0.2) is 35.6 Å². The van der Waals surface area contributed by atoms with Crippen molar-refractivity contribution in [3.05, 3.63) is 11.6 Å². The molecule has 0 amide bonds. The first kappa shape index (κ1) is 10.7. The second-order valence-corrected chi connectivity index (χ2v) is 4.76. The zero-order valence-electron chi connectivity index (χ0n) is 9.28. The average molecular weight is 209 g/mol. The van der Waals surface area contributed by atoms with Crippen molar-refractivity contribution in [3.63, 3.8) is 0 Å². The summed E-state index contributed by atoms with van der Waals surface area (Å²) in [4.78, 5) is 13.2. The number of carboxylic acids is 1. The topological polar surface area (TPSA) is 40.5 Å². The van der Waals surface area contributed by atoms with E-state index in [0.29, 0.717) is 24.0 Å². The third kappa shape index (κ3) is 2.23. The molecule has 1 heterocycles. The molecule has 0 aromatic rings. The van der Waals surface area contributed by atoms with Crippen molar-refractivity contribution < 1.29 is 9.90 Å². The summed E-state index contributed by atoms with van der Waals surface area (Å²) < 4.78 is 0. The summed E-state index contributed by atoms with van der Waals surface area (Å²) in [6.07, 6.45) is 7.82. The first-order valence-corrected chi connectivity index (χ1v) is 5.82. The first-order chi connectivity index (χ1) is 7.18. The molecule has 15 heavy (non-hydrogen) atoms. The number of rotatable bonds is 2. The molecular formula is C12H19NO2. The molecule has 2 aliphatic rings. The fourth-order valence-electron chi connectivity index (χ4n) is 2.84. The fraction of sp³-hybridized carbons (Fsp3) is 0.750. The number of carbonyl (C=O) groups is 1. The number of nitrogens with zero attached hydrogens (tertiary/aromatic N) is 1. The van der Waals surface area contributed by atoms with Crippen LogP contribution in [0.25, 0.3) is 0 Å². The minimum Gasteiger partial charge on any atom is -0.478 e. The maximum Gasteiger partial charge on any atom is 0.331 e. The Kier molecular flexibility index (Phi) is 3.10. The van der Waals surface area contributed by atoms with Crippen molar-refractivity contribution in [1.29, 1.82) is 0 Å². The highest BCUT2D eigenvalue weighted by Gasteiger charge is 2.30. The Bertz CT molecular complexity index is 279. The van der Waals surface area contributed by atoms with Crippen LogP contribution in [0.1, 0.15) is 32.1 Å². The van der Waals surface area contributed by atoms with E-state index in [2.05, 4.69) is 11.9 Å². The van der Waals surface area contributed by atoms with Crippen LogP contribution in [0.15, 0.2) is 11.6 Å². The largest absolute Gasteiger partial charge is 0.478 e. The highest BCUT2D eigenvalue weighted by Crippen LogP contribution is 2.33. The average Bonchev–Trinajstić information content (AvgIpc) is 2.71. The second kappa shape index (κ2) is 4.35. The van der Waals surface area contributed by atoms with Crippen LogP contribution < -0.4 is 0 Å². The zero-order valence-corrected chi connectivity index (χ0v) is 9.28. The number of carboxylic acid groups (broad SMARTS) is 1. The van der Waals surface area contributed by atoms with E-state index in [4.69, 9.17) is 5.11 Å². The van der Waals surface area contributed by atoms with E-state index in [-0.39, 0.29) is 0 Å². The van der Waals surface area contributed by atoms with E-state index in [9.17, 15) is 4.79 Å². The summed E-state index contributed by atoms with van der Waals surface area (Å²) in [5.41, 5.74) is 0.616. The Morgan fingerprint density at radius 3 is 2.73 bits per heavy atom. The van der Waals surface area contributed by atoms with Crippen LogP contribution in [0.4, 0.5) is 0 Å². The third-order valence-corrected chi connectivity index (χ3v) is 3.77. The van der Waals surface area contributed by atoms with Crippen molar-refractivity contribution in [1.82, 2.24) is 4.90 Å². The van der Waals surface area contributed by atoms with E-state index in [1.165, 1.54) is 25.7 Å². The normalized spacial score (nSPS) is 29.1. The molecule has 1 saturated carbocycles. The quantitative estimate of drug-likeness (QED) is 0.755. The summed E-state index contributed by atoms with van der Waals surface area (Å²) in [5, 5.41) is 9.00. The van der Waals surface area contributed by atoms with Gasteiger partial charge < -0.3 is 5.11 Å². The Morgan fingerprint density at radius 1 is 1.47 bits per heavy atom. The maximum absolute atomic E-state index is 10.9. The Labute approximate surface area is 90.8 Å². The van der Waals surface area contributed by atoms with Crippen molar-refractivity contribution in [2.24, 2.45) is 5.92 Å². The van der Waals surface area contributed by atoms with Gasteiger partial charge in [0, 0.05) is 18.2 Å². The van der Waals surface area contributed by atoms with Crippen LogP contribution in [0, 0.1) is 5.92 Å². The smallest absolute Gasteiger partial charge is 0.331 e. The van der Waals surface area contributed by atoms with E-state index >= 15 is 0 Å². The maximum atomic E-state index is 10.9. The molecule has 1 aliphatic carbocycles. The van der Waals surface area contributed by atoms with Gasteiger partial charge >= 0.3 is 5.97 Å². The molecule has 0 bridgehead atoms. The van der Waals surface area contributed by atoms with Gasteiger partial charge in [0.15, 0.2) is 0 Å². The molecular weight excluding hydrogens is 190 g/mol. The zero-order chi connectivity index (χ0) is 10.8. The summed E-state index contributed by atoms with van der Waals surface area (Å²) in [6.45, 7) is 0.888. The molecule has 84 valence electrons. The number of hydrogen-bond acceptors (Lipinski definition) is 2. The summed E-state index contributed by atoms with van der Waals surface area (Å²) in [7, 11) is 2.11. The molecule has 0 aromatic heterocycles. The van der Waals surface area contributed by atoms with Gasteiger partial charge in [-0.05, 0) is 32.2 Å². The lowest BCUT2D eigenvalue weighted by Gasteiger charge is -2.34. The van der Waals surface area contributed by atoms with Gasteiger partial charge in [-0.15, -0.1) is 0 Å². The minimum atomic E-state index is -0.730. The molecule has 1 unspecified atom stereocenters. The highest BCUT2D eigenvalue weighted by molar-refractivity contribution is 5.86. The predicted molar refractivity (Wildman–Crippen MR) is 58.7 cm³/mol. The monoisotopic (exact) mass is 209 g/mol. The van der Waals surface area contributed by atoms with Crippen molar-refractivity contribution in [2.45, 2.75) is 38.1 Å². The van der Waals surface area contributed by atoms with Crippen LogP contribution in [0.2, 0.25) is 0 Å². The second-order valence-electron chi connectivity index (χ2n) is 4.76. The third-order valence-electron chi connectivity index (χ3n) is 3.77. The fourth-order valence-corrected chi connectivity index (χ4v) is 2.84. The summed E-state index contributed by atoms with van der Waals surface area (Å²) in [6, 6.07) is 0.368. The lowest BCUT2D eigenvalue weighted by Crippen LogP contribution is -2.40. The van der Waals surface area contributed by atoms with Gasteiger partial charge in [0.05, 0.1) is 0 Å². The minimum absolute atomic E-state index is 0.368. The van der Waals surface area contributed by atoms with E-state index in [1.807, 2.05) is 6.08 Å².